The zero-order valence-corrected chi connectivity index (χ0v) is 9.60. The molecule has 1 aromatic carbocycles. The minimum atomic E-state index is 0.483. The Morgan fingerprint density at radius 1 is 1.18 bits per heavy atom. The Hall–Kier alpha value is -1.68. The first kappa shape index (κ1) is 10.5. The van der Waals surface area contributed by atoms with Gasteiger partial charge in [0.1, 0.15) is 0 Å². The lowest BCUT2D eigenvalue weighted by atomic mass is 10.1. The highest BCUT2D eigenvalue weighted by atomic mass is 16.5. The highest BCUT2D eigenvalue weighted by Gasteiger charge is 2.14. The molecule has 0 saturated carbocycles. The third-order valence-corrected chi connectivity index (χ3v) is 3.13. The number of benzene rings is 1. The van der Waals surface area contributed by atoms with E-state index in [-0.39, 0.29) is 0 Å². The van der Waals surface area contributed by atoms with E-state index in [0.717, 1.165) is 42.6 Å². The largest absolute Gasteiger partial charge is 0.381 e. The summed E-state index contributed by atoms with van der Waals surface area (Å²) in [6, 6.07) is 8.55. The molecular formula is C13H15N3O. The van der Waals surface area contributed by atoms with Crippen LogP contribution < -0.4 is 5.32 Å². The smallest absolute Gasteiger partial charge is 0.0950 e. The predicted molar refractivity (Wildman–Crippen MR) is 67.0 cm³/mol. The summed E-state index contributed by atoms with van der Waals surface area (Å²) in [5, 5.41) is 12.8. The highest BCUT2D eigenvalue weighted by molar-refractivity contribution is 5.90. The number of hydrogen-bond donors (Lipinski definition) is 1. The van der Waals surface area contributed by atoms with Crippen LogP contribution in [0.3, 0.4) is 0 Å². The molecule has 17 heavy (non-hydrogen) atoms. The van der Waals surface area contributed by atoms with Crippen LogP contribution in [0, 0.1) is 0 Å². The van der Waals surface area contributed by atoms with Gasteiger partial charge in [0.15, 0.2) is 0 Å². The Morgan fingerprint density at radius 3 is 2.88 bits per heavy atom. The molecule has 0 spiro atoms. The number of aromatic nitrogens is 2. The Morgan fingerprint density at radius 2 is 2.00 bits per heavy atom. The lowest BCUT2D eigenvalue weighted by Gasteiger charge is -2.24. The second-order valence-electron chi connectivity index (χ2n) is 4.31. The molecule has 1 saturated heterocycles. The van der Waals surface area contributed by atoms with E-state index in [0.29, 0.717) is 6.04 Å². The highest BCUT2D eigenvalue weighted by Crippen LogP contribution is 2.22. The maximum atomic E-state index is 5.36. The maximum Gasteiger partial charge on any atom is 0.0950 e. The van der Waals surface area contributed by atoms with Crippen LogP contribution in [-0.2, 0) is 4.74 Å². The van der Waals surface area contributed by atoms with Crippen molar-refractivity contribution in [3.63, 3.8) is 0 Å². The maximum absolute atomic E-state index is 5.36. The molecule has 4 heteroatoms. The van der Waals surface area contributed by atoms with E-state index in [9.17, 15) is 0 Å². The summed E-state index contributed by atoms with van der Waals surface area (Å²) in [6.07, 6.45) is 3.91. The van der Waals surface area contributed by atoms with Gasteiger partial charge < -0.3 is 10.1 Å². The van der Waals surface area contributed by atoms with Crippen molar-refractivity contribution in [2.45, 2.75) is 18.9 Å². The van der Waals surface area contributed by atoms with Crippen LogP contribution in [0.1, 0.15) is 12.8 Å². The van der Waals surface area contributed by atoms with Gasteiger partial charge in [-0.05, 0) is 18.9 Å². The Balaban J connectivity index is 1.89. The first-order chi connectivity index (χ1) is 8.43. The molecule has 2 aromatic rings. The number of nitrogens with one attached hydrogen (secondary N) is 1. The molecule has 0 amide bonds. The summed E-state index contributed by atoms with van der Waals surface area (Å²) in [5.74, 6) is 0. The lowest BCUT2D eigenvalue weighted by Crippen LogP contribution is -2.28. The van der Waals surface area contributed by atoms with Crippen molar-refractivity contribution in [1.29, 1.82) is 0 Å². The molecule has 4 nitrogen and oxygen atoms in total. The zero-order chi connectivity index (χ0) is 11.5. The van der Waals surface area contributed by atoms with Crippen LogP contribution in [-0.4, -0.2) is 29.5 Å². The number of fused-ring (bicyclic) bond motifs is 1. The van der Waals surface area contributed by atoms with Crippen molar-refractivity contribution < 1.29 is 4.74 Å². The molecule has 1 aliphatic heterocycles. The van der Waals surface area contributed by atoms with Crippen LogP contribution in [0.25, 0.3) is 10.9 Å². The molecule has 3 rings (SSSR count). The van der Waals surface area contributed by atoms with Gasteiger partial charge in [-0.2, -0.15) is 10.2 Å². The van der Waals surface area contributed by atoms with Crippen molar-refractivity contribution in [3.8, 4) is 0 Å². The van der Waals surface area contributed by atoms with Gasteiger partial charge in [0, 0.05) is 24.6 Å². The van der Waals surface area contributed by atoms with Gasteiger partial charge >= 0.3 is 0 Å². The minimum Gasteiger partial charge on any atom is -0.381 e. The van der Waals surface area contributed by atoms with Crippen molar-refractivity contribution in [2.75, 3.05) is 18.5 Å². The van der Waals surface area contributed by atoms with E-state index >= 15 is 0 Å². The first-order valence-corrected chi connectivity index (χ1v) is 5.98. The number of rotatable bonds is 2. The topological polar surface area (TPSA) is 47.0 Å². The number of ether oxygens (including phenoxy) is 1. The monoisotopic (exact) mass is 229 g/mol. The van der Waals surface area contributed by atoms with Gasteiger partial charge in [-0.15, -0.1) is 0 Å². The number of hydrogen-bond acceptors (Lipinski definition) is 4. The van der Waals surface area contributed by atoms with E-state index in [1.807, 2.05) is 18.2 Å². The van der Waals surface area contributed by atoms with Crippen LogP contribution in [0.2, 0.25) is 0 Å². The fourth-order valence-electron chi connectivity index (χ4n) is 2.18. The van der Waals surface area contributed by atoms with Crippen LogP contribution in [0.4, 0.5) is 5.69 Å². The molecule has 0 bridgehead atoms. The molecule has 2 heterocycles. The van der Waals surface area contributed by atoms with Gasteiger partial charge in [-0.1, -0.05) is 18.2 Å². The standard InChI is InChI=1S/C13H15N3O/c1-2-4-12-11(3-1)13(9-14-16-12)15-10-5-7-17-8-6-10/h1-4,9-10H,5-8H2,(H,15,16). The molecule has 0 radical (unpaired) electrons. The molecule has 0 aliphatic carbocycles. The third kappa shape index (κ3) is 2.22. The van der Waals surface area contributed by atoms with Crippen molar-refractivity contribution in [2.24, 2.45) is 0 Å². The van der Waals surface area contributed by atoms with E-state index in [4.69, 9.17) is 4.74 Å². The van der Waals surface area contributed by atoms with Crippen molar-refractivity contribution in [1.82, 2.24) is 10.2 Å². The summed E-state index contributed by atoms with van der Waals surface area (Å²) >= 11 is 0. The first-order valence-electron chi connectivity index (χ1n) is 5.98. The second kappa shape index (κ2) is 4.67. The molecular weight excluding hydrogens is 214 g/mol. The van der Waals surface area contributed by atoms with Crippen molar-refractivity contribution >= 4 is 16.6 Å². The summed E-state index contributed by atoms with van der Waals surface area (Å²) < 4.78 is 5.36. The predicted octanol–water partition coefficient (Wildman–Crippen LogP) is 2.22. The summed E-state index contributed by atoms with van der Waals surface area (Å²) in [6.45, 7) is 1.68. The summed E-state index contributed by atoms with van der Waals surface area (Å²) in [4.78, 5) is 0. The van der Waals surface area contributed by atoms with Crippen LogP contribution in [0.15, 0.2) is 30.5 Å². The molecule has 1 N–H and O–H groups in total. The summed E-state index contributed by atoms with van der Waals surface area (Å²) in [5.41, 5.74) is 2.01. The molecule has 1 aromatic heterocycles. The van der Waals surface area contributed by atoms with E-state index in [1.54, 1.807) is 6.20 Å². The zero-order valence-electron chi connectivity index (χ0n) is 9.60. The second-order valence-corrected chi connectivity index (χ2v) is 4.31. The van der Waals surface area contributed by atoms with E-state index in [2.05, 4.69) is 21.6 Å². The quantitative estimate of drug-likeness (QED) is 0.857. The van der Waals surface area contributed by atoms with Gasteiger partial charge in [-0.3, -0.25) is 0 Å². The Kier molecular flexibility index (Phi) is 2.88. The van der Waals surface area contributed by atoms with Gasteiger partial charge in [0.2, 0.25) is 0 Å². The normalized spacial score (nSPS) is 17.2. The van der Waals surface area contributed by atoms with Gasteiger partial charge in [0.05, 0.1) is 17.4 Å². The molecule has 1 aliphatic rings. The van der Waals surface area contributed by atoms with E-state index in [1.165, 1.54) is 0 Å². The van der Waals surface area contributed by atoms with Crippen LogP contribution >= 0.6 is 0 Å². The molecule has 0 unspecified atom stereocenters. The number of nitrogens with zero attached hydrogens (tertiary/aromatic N) is 2. The van der Waals surface area contributed by atoms with Crippen molar-refractivity contribution in [3.05, 3.63) is 30.5 Å². The Labute approximate surface area is 100 Å². The Bertz CT molecular complexity index is 503. The molecule has 1 fully saturated rings. The third-order valence-electron chi connectivity index (χ3n) is 3.13. The number of anilines is 1. The fourth-order valence-corrected chi connectivity index (χ4v) is 2.18. The average molecular weight is 229 g/mol. The summed E-state index contributed by atoms with van der Waals surface area (Å²) in [7, 11) is 0. The van der Waals surface area contributed by atoms with E-state index < -0.39 is 0 Å². The SMILES string of the molecule is c1ccc2c(NC3CCOCC3)cnnc2c1. The van der Waals surface area contributed by atoms with Gasteiger partial charge in [-0.25, -0.2) is 0 Å². The lowest BCUT2D eigenvalue weighted by molar-refractivity contribution is 0.0905. The minimum absolute atomic E-state index is 0.483. The fraction of sp³-hybridized carbons (Fsp3) is 0.385. The van der Waals surface area contributed by atoms with Crippen LogP contribution in [0.5, 0.6) is 0 Å². The molecule has 0 atom stereocenters. The molecule has 88 valence electrons. The van der Waals surface area contributed by atoms with Gasteiger partial charge in [0.25, 0.3) is 0 Å². The average Bonchev–Trinajstić information content (AvgIpc) is 2.40.